The van der Waals surface area contributed by atoms with Gasteiger partial charge in [-0.15, -0.1) is 0 Å². The predicted molar refractivity (Wildman–Crippen MR) is 73.6 cm³/mol. The molecular weight excluding hydrogens is 208 g/mol. The average molecular weight is 224 g/mol. The largest absolute Gasteiger partial charge is 0.462 e. The molecule has 0 atom stereocenters. The Morgan fingerprint density at radius 2 is 1.76 bits per heavy atom. The fourth-order valence-corrected chi connectivity index (χ4v) is 1.70. The third-order valence-electron chi connectivity index (χ3n) is 2.83. The molecule has 1 aromatic carbocycles. The van der Waals surface area contributed by atoms with Gasteiger partial charge in [-0.3, -0.25) is 0 Å². The molecule has 0 saturated heterocycles. The highest BCUT2D eigenvalue weighted by Crippen LogP contribution is 2.18. The lowest BCUT2D eigenvalue weighted by Crippen LogP contribution is -1.77. The van der Waals surface area contributed by atoms with Gasteiger partial charge in [-0.2, -0.15) is 0 Å². The van der Waals surface area contributed by atoms with E-state index in [2.05, 4.69) is 18.7 Å². The summed E-state index contributed by atoms with van der Waals surface area (Å²) in [4.78, 5) is 0. The van der Waals surface area contributed by atoms with Crippen LogP contribution in [0.5, 0.6) is 0 Å². The van der Waals surface area contributed by atoms with Gasteiger partial charge in [0.2, 0.25) is 0 Å². The summed E-state index contributed by atoms with van der Waals surface area (Å²) in [7, 11) is 0. The third-order valence-corrected chi connectivity index (χ3v) is 2.83. The Hall–Kier alpha value is -2.02. The van der Waals surface area contributed by atoms with Crippen molar-refractivity contribution in [3.63, 3.8) is 0 Å². The molecule has 0 spiro atoms. The molecule has 0 bridgehead atoms. The molecule has 0 amide bonds. The SMILES string of the molecule is C=Cc1ccccc1/C=C/c1cc(C)c(C)o1. The van der Waals surface area contributed by atoms with E-state index in [0.29, 0.717) is 0 Å². The van der Waals surface area contributed by atoms with Crippen molar-refractivity contribution in [3.8, 4) is 0 Å². The highest BCUT2D eigenvalue weighted by atomic mass is 16.3. The van der Waals surface area contributed by atoms with Gasteiger partial charge >= 0.3 is 0 Å². The van der Waals surface area contributed by atoms with E-state index in [4.69, 9.17) is 4.42 Å². The van der Waals surface area contributed by atoms with Gasteiger partial charge in [0.25, 0.3) is 0 Å². The number of hydrogen-bond acceptors (Lipinski definition) is 1. The lowest BCUT2D eigenvalue weighted by Gasteiger charge is -1.98. The van der Waals surface area contributed by atoms with Crippen LogP contribution in [-0.4, -0.2) is 0 Å². The minimum atomic E-state index is 0.888. The van der Waals surface area contributed by atoms with Crippen molar-refractivity contribution in [2.75, 3.05) is 0 Å². The quantitative estimate of drug-likeness (QED) is 0.735. The minimum absolute atomic E-state index is 0.888. The molecule has 2 rings (SSSR count). The van der Waals surface area contributed by atoms with Crippen molar-refractivity contribution < 1.29 is 4.42 Å². The zero-order chi connectivity index (χ0) is 12.3. The maximum atomic E-state index is 5.60. The van der Waals surface area contributed by atoms with Crippen LogP contribution >= 0.6 is 0 Å². The summed E-state index contributed by atoms with van der Waals surface area (Å²) < 4.78 is 5.60. The van der Waals surface area contributed by atoms with Crippen LogP contribution in [0.25, 0.3) is 18.2 Å². The molecule has 1 heterocycles. The molecule has 0 unspecified atom stereocenters. The summed E-state index contributed by atoms with van der Waals surface area (Å²) in [5, 5.41) is 0. The third kappa shape index (κ3) is 2.56. The van der Waals surface area contributed by atoms with Crippen LogP contribution in [0.4, 0.5) is 0 Å². The second kappa shape index (κ2) is 4.88. The van der Waals surface area contributed by atoms with Gasteiger partial charge in [-0.25, -0.2) is 0 Å². The number of rotatable bonds is 3. The Labute approximate surface area is 102 Å². The molecule has 0 N–H and O–H groups in total. The van der Waals surface area contributed by atoms with Gasteiger partial charge in [0.1, 0.15) is 11.5 Å². The highest BCUT2D eigenvalue weighted by Gasteiger charge is 2.00. The zero-order valence-corrected chi connectivity index (χ0v) is 10.2. The van der Waals surface area contributed by atoms with Gasteiger partial charge in [-0.1, -0.05) is 43.0 Å². The Balaban J connectivity index is 2.28. The van der Waals surface area contributed by atoms with Crippen LogP contribution in [0, 0.1) is 13.8 Å². The number of benzene rings is 1. The van der Waals surface area contributed by atoms with Crippen molar-refractivity contribution in [2.24, 2.45) is 0 Å². The standard InChI is InChI=1S/C16H16O/c1-4-14-7-5-6-8-15(14)9-10-16-11-12(2)13(3)17-16/h4-11H,1H2,2-3H3/b10-9+. The lowest BCUT2D eigenvalue weighted by atomic mass is 10.1. The van der Waals surface area contributed by atoms with E-state index < -0.39 is 0 Å². The molecule has 0 saturated carbocycles. The normalized spacial score (nSPS) is 10.9. The van der Waals surface area contributed by atoms with E-state index >= 15 is 0 Å². The van der Waals surface area contributed by atoms with Crippen LogP contribution in [0.3, 0.4) is 0 Å². The topological polar surface area (TPSA) is 13.1 Å². The van der Waals surface area contributed by atoms with Crippen LogP contribution in [0.1, 0.15) is 28.2 Å². The van der Waals surface area contributed by atoms with E-state index in [1.54, 1.807) is 0 Å². The molecule has 0 aliphatic carbocycles. The zero-order valence-electron chi connectivity index (χ0n) is 10.2. The van der Waals surface area contributed by atoms with Gasteiger partial charge in [0.05, 0.1) is 0 Å². The van der Waals surface area contributed by atoms with Gasteiger partial charge in [0, 0.05) is 0 Å². The molecule has 86 valence electrons. The smallest absolute Gasteiger partial charge is 0.127 e. The van der Waals surface area contributed by atoms with E-state index in [1.165, 1.54) is 5.56 Å². The Kier molecular flexibility index (Phi) is 3.29. The number of furan rings is 1. The highest BCUT2D eigenvalue weighted by molar-refractivity contribution is 5.73. The van der Waals surface area contributed by atoms with E-state index in [1.807, 2.05) is 50.3 Å². The summed E-state index contributed by atoms with van der Waals surface area (Å²) in [5.74, 6) is 1.86. The van der Waals surface area contributed by atoms with Crippen molar-refractivity contribution in [3.05, 3.63) is 65.1 Å². The van der Waals surface area contributed by atoms with Gasteiger partial charge < -0.3 is 4.42 Å². The fourth-order valence-electron chi connectivity index (χ4n) is 1.70. The predicted octanol–water partition coefficient (Wildman–Crippen LogP) is 4.71. The Morgan fingerprint density at radius 3 is 2.35 bits per heavy atom. The van der Waals surface area contributed by atoms with Crippen LogP contribution in [-0.2, 0) is 0 Å². The average Bonchev–Trinajstić information content (AvgIpc) is 2.66. The molecule has 1 aromatic heterocycles. The van der Waals surface area contributed by atoms with Crippen molar-refractivity contribution >= 4 is 18.2 Å². The molecule has 0 radical (unpaired) electrons. The number of aryl methyl sites for hydroxylation is 2. The number of hydrogen-bond donors (Lipinski definition) is 0. The summed E-state index contributed by atoms with van der Waals surface area (Å²) in [6.45, 7) is 7.83. The summed E-state index contributed by atoms with van der Waals surface area (Å²) in [6, 6.07) is 10.2. The fraction of sp³-hybridized carbons (Fsp3) is 0.125. The molecular formula is C16H16O. The monoisotopic (exact) mass is 224 g/mol. The maximum Gasteiger partial charge on any atom is 0.127 e. The van der Waals surface area contributed by atoms with Crippen molar-refractivity contribution in [1.29, 1.82) is 0 Å². The second-order valence-electron chi connectivity index (χ2n) is 4.05. The van der Waals surface area contributed by atoms with Crippen molar-refractivity contribution in [1.82, 2.24) is 0 Å². The van der Waals surface area contributed by atoms with Gasteiger partial charge in [-0.05, 0) is 42.7 Å². The van der Waals surface area contributed by atoms with E-state index in [-0.39, 0.29) is 0 Å². The molecule has 17 heavy (non-hydrogen) atoms. The molecule has 1 nitrogen and oxygen atoms in total. The molecule has 2 aromatic rings. The first-order chi connectivity index (χ1) is 8.20. The summed E-state index contributed by atoms with van der Waals surface area (Å²) in [6.07, 6.45) is 5.90. The van der Waals surface area contributed by atoms with Crippen LogP contribution < -0.4 is 0 Å². The van der Waals surface area contributed by atoms with Crippen LogP contribution in [0.15, 0.2) is 41.3 Å². The molecule has 0 fully saturated rings. The first kappa shape index (κ1) is 11.5. The summed E-state index contributed by atoms with van der Waals surface area (Å²) in [5.41, 5.74) is 3.46. The molecule has 0 aliphatic rings. The van der Waals surface area contributed by atoms with Crippen molar-refractivity contribution in [2.45, 2.75) is 13.8 Å². The van der Waals surface area contributed by atoms with E-state index in [0.717, 1.165) is 22.6 Å². The first-order valence-corrected chi connectivity index (χ1v) is 5.67. The molecule has 1 heteroatoms. The van der Waals surface area contributed by atoms with Gasteiger partial charge in [0.15, 0.2) is 0 Å². The van der Waals surface area contributed by atoms with Crippen LogP contribution in [0.2, 0.25) is 0 Å². The maximum absolute atomic E-state index is 5.60. The lowest BCUT2D eigenvalue weighted by molar-refractivity contribution is 0.523. The van der Waals surface area contributed by atoms with E-state index in [9.17, 15) is 0 Å². The summed E-state index contributed by atoms with van der Waals surface area (Å²) >= 11 is 0. The molecule has 0 aliphatic heterocycles. The minimum Gasteiger partial charge on any atom is -0.462 e. The second-order valence-corrected chi connectivity index (χ2v) is 4.05. The Morgan fingerprint density at radius 1 is 1.06 bits per heavy atom. The first-order valence-electron chi connectivity index (χ1n) is 5.67. The Bertz CT molecular complexity index is 539.